The van der Waals surface area contributed by atoms with Gasteiger partial charge >= 0.3 is 0 Å². The molecule has 1 rings (SSSR count). The van der Waals surface area contributed by atoms with Crippen molar-refractivity contribution in [2.45, 2.75) is 37.1 Å². The van der Waals surface area contributed by atoms with E-state index < -0.39 is 15.6 Å². The first-order valence-corrected chi connectivity index (χ1v) is 7.80. The van der Waals surface area contributed by atoms with Crippen molar-refractivity contribution in [1.29, 1.82) is 0 Å². The van der Waals surface area contributed by atoms with E-state index in [4.69, 9.17) is 22.4 Å². The molecule has 0 bridgehead atoms. The van der Waals surface area contributed by atoms with E-state index in [1.165, 1.54) is 18.2 Å². The molecule has 0 aliphatic rings. The molecule has 0 aliphatic carbocycles. The molecule has 0 heterocycles. The Labute approximate surface area is 118 Å². The lowest BCUT2D eigenvalue weighted by molar-refractivity contribution is 0.233. The van der Waals surface area contributed by atoms with Crippen molar-refractivity contribution < 1.29 is 13.5 Å². The van der Waals surface area contributed by atoms with Crippen LogP contribution >= 0.6 is 11.6 Å². The van der Waals surface area contributed by atoms with Crippen molar-refractivity contribution in [3.63, 3.8) is 0 Å². The highest BCUT2D eigenvalue weighted by atomic mass is 35.5. The van der Waals surface area contributed by atoms with Crippen molar-refractivity contribution in [2.24, 2.45) is 0 Å². The van der Waals surface area contributed by atoms with Gasteiger partial charge in [-0.15, -0.1) is 0 Å². The van der Waals surface area contributed by atoms with Crippen LogP contribution < -0.4 is 10.5 Å². The molecule has 0 aliphatic heterocycles. The second kappa shape index (κ2) is 6.09. The molecule has 0 saturated heterocycles. The van der Waals surface area contributed by atoms with Crippen LogP contribution in [0.3, 0.4) is 0 Å². The molecular formula is C12H19ClN2O3S. The Morgan fingerprint density at radius 3 is 2.58 bits per heavy atom. The SMILES string of the molecule is CCC(C)(CCO)NS(=O)(=O)c1ccc(Cl)cc1N. The van der Waals surface area contributed by atoms with Crippen LogP contribution in [0, 0.1) is 0 Å². The van der Waals surface area contributed by atoms with Gasteiger partial charge in [-0.2, -0.15) is 0 Å². The molecule has 5 nitrogen and oxygen atoms in total. The summed E-state index contributed by atoms with van der Waals surface area (Å²) in [5.41, 5.74) is 5.08. The minimum absolute atomic E-state index is 0.00508. The standard InChI is InChI=1S/C12H19ClN2O3S/c1-3-12(2,6-7-16)15-19(17,18)11-5-4-9(13)8-10(11)14/h4-5,8,15-16H,3,6-7,14H2,1-2H3. The average Bonchev–Trinajstić information content (AvgIpc) is 2.27. The van der Waals surface area contributed by atoms with Crippen molar-refractivity contribution in [2.75, 3.05) is 12.3 Å². The highest BCUT2D eigenvalue weighted by Crippen LogP contribution is 2.25. The molecule has 1 unspecified atom stereocenters. The highest BCUT2D eigenvalue weighted by Gasteiger charge is 2.29. The van der Waals surface area contributed by atoms with Gasteiger partial charge in [0.25, 0.3) is 0 Å². The van der Waals surface area contributed by atoms with Gasteiger partial charge in [0.2, 0.25) is 10.0 Å². The molecule has 7 heteroatoms. The topological polar surface area (TPSA) is 92.4 Å². The largest absolute Gasteiger partial charge is 0.398 e. The Morgan fingerprint density at radius 1 is 1.47 bits per heavy atom. The smallest absolute Gasteiger partial charge is 0.243 e. The van der Waals surface area contributed by atoms with E-state index in [0.29, 0.717) is 17.9 Å². The molecule has 1 aromatic carbocycles. The molecule has 0 aromatic heterocycles. The maximum atomic E-state index is 12.3. The molecule has 0 spiro atoms. The maximum absolute atomic E-state index is 12.3. The van der Waals surface area contributed by atoms with Gasteiger partial charge in [0.1, 0.15) is 4.90 Å². The van der Waals surface area contributed by atoms with Gasteiger partial charge in [-0.1, -0.05) is 18.5 Å². The first kappa shape index (κ1) is 16.2. The van der Waals surface area contributed by atoms with Crippen LogP contribution in [0.2, 0.25) is 5.02 Å². The maximum Gasteiger partial charge on any atom is 0.243 e. The number of nitrogens with one attached hydrogen (secondary N) is 1. The van der Waals surface area contributed by atoms with E-state index in [9.17, 15) is 8.42 Å². The number of nitrogen functional groups attached to an aromatic ring is 1. The zero-order valence-corrected chi connectivity index (χ0v) is 12.6. The molecule has 0 amide bonds. The number of sulfonamides is 1. The summed E-state index contributed by atoms with van der Waals surface area (Å²) in [5.74, 6) is 0. The van der Waals surface area contributed by atoms with E-state index in [0.717, 1.165) is 0 Å². The number of aliphatic hydroxyl groups excluding tert-OH is 1. The molecule has 1 atom stereocenters. The van der Waals surface area contributed by atoms with Gasteiger partial charge in [0, 0.05) is 17.2 Å². The number of benzene rings is 1. The number of aliphatic hydroxyl groups is 1. The van der Waals surface area contributed by atoms with Gasteiger partial charge < -0.3 is 10.8 Å². The molecular weight excluding hydrogens is 288 g/mol. The first-order valence-electron chi connectivity index (χ1n) is 5.94. The minimum Gasteiger partial charge on any atom is -0.398 e. The Hall–Kier alpha value is -0.820. The van der Waals surface area contributed by atoms with E-state index in [1.807, 2.05) is 6.92 Å². The normalized spacial score (nSPS) is 15.2. The summed E-state index contributed by atoms with van der Waals surface area (Å²) < 4.78 is 27.2. The zero-order valence-electron chi connectivity index (χ0n) is 11.0. The van der Waals surface area contributed by atoms with Gasteiger partial charge in [-0.3, -0.25) is 0 Å². The summed E-state index contributed by atoms with van der Waals surface area (Å²) in [5, 5.41) is 9.39. The van der Waals surface area contributed by atoms with Crippen molar-refractivity contribution in [3.8, 4) is 0 Å². The van der Waals surface area contributed by atoms with Gasteiger partial charge in [-0.05, 0) is 38.0 Å². The quantitative estimate of drug-likeness (QED) is 0.698. The third-order valence-corrected chi connectivity index (χ3v) is 5.03. The number of nitrogens with two attached hydrogens (primary N) is 1. The first-order chi connectivity index (χ1) is 8.74. The number of hydrogen-bond acceptors (Lipinski definition) is 4. The molecule has 19 heavy (non-hydrogen) atoms. The predicted molar refractivity (Wildman–Crippen MR) is 76.6 cm³/mol. The average molecular weight is 307 g/mol. The van der Waals surface area contributed by atoms with Crippen LogP contribution in [0.5, 0.6) is 0 Å². The van der Waals surface area contributed by atoms with E-state index in [1.54, 1.807) is 6.92 Å². The number of halogens is 1. The minimum atomic E-state index is -3.74. The van der Waals surface area contributed by atoms with Crippen LogP contribution in [0.4, 0.5) is 5.69 Å². The third kappa shape index (κ3) is 4.07. The lowest BCUT2D eigenvalue weighted by atomic mass is 9.97. The third-order valence-electron chi connectivity index (χ3n) is 3.09. The van der Waals surface area contributed by atoms with Crippen molar-refractivity contribution in [1.82, 2.24) is 4.72 Å². The Morgan fingerprint density at radius 2 is 2.11 bits per heavy atom. The second-order valence-corrected chi connectivity index (χ2v) is 6.76. The summed E-state index contributed by atoms with van der Waals surface area (Å²) in [6.07, 6.45) is 0.885. The van der Waals surface area contributed by atoms with Crippen LogP contribution in [0.25, 0.3) is 0 Å². The van der Waals surface area contributed by atoms with Crippen molar-refractivity contribution >= 4 is 27.3 Å². The van der Waals surface area contributed by atoms with E-state index >= 15 is 0 Å². The van der Waals surface area contributed by atoms with E-state index in [2.05, 4.69) is 4.72 Å². The van der Waals surface area contributed by atoms with E-state index in [-0.39, 0.29) is 17.2 Å². The summed E-state index contributed by atoms with van der Waals surface area (Å²) in [6.45, 7) is 3.50. The second-order valence-electron chi connectivity index (χ2n) is 4.68. The van der Waals surface area contributed by atoms with Crippen LogP contribution in [0.15, 0.2) is 23.1 Å². The number of anilines is 1. The zero-order chi connectivity index (χ0) is 14.7. The van der Waals surface area contributed by atoms with Crippen LogP contribution in [-0.2, 0) is 10.0 Å². The molecule has 4 N–H and O–H groups in total. The summed E-state index contributed by atoms with van der Waals surface area (Å²) in [7, 11) is -3.74. The van der Waals surface area contributed by atoms with Crippen molar-refractivity contribution in [3.05, 3.63) is 23.2 Å². The van der Waals surface area contributed by atoms with Crippen LogP contribution in [0.1, 0.15) is 26.7 Å². The fourth-order valence-electron chi connectivity index (χ4n) is 1.69. The monoisotopic (exact) mass is 306 g/mol. The molecule has 0 saturated carbocycles. The summed E-state index contributed by atoms with van der Waals surface area (Å²) in [6, 6.07) is 4.24. The van der Waals surface area contributed by atoms with Gasteiger partial charge in [0.15, 0.2) is 0 Å². The highest BCUT2D eigenvalue weighted by molar-refractivity contribution is 7.89. The van der Waals surface area contributed by atoms with Crippen LogP contribution in [-0.4, -0.2) is 25.7 Å². The lowest BCUT2D eigenvalue weighted by Crippen LogP contribution is -2.46. The molecule has 0 fully saturated rings. The Balaban J connectivity index is 3.10. The number of hydrogen-bond donors (Lipinski definition) is 3. The lowest BCUT2D eigenvalue weighted by Gasteiger charge is -2.28. The molecule has 1 aromatic rings. The predicted octanol–water partition coefficient (Wildman–Crippen LogP) is 1.75. The van der Waals surface area contributed by atoms with Gasteiger partial charge in [-0.25, -0.2) is 13.1 Å². The summed E-state index contributed by atoms with van der Waals surface area (Å²) >= 11 is 5.75. The number of rotatable bonds is 6. The molecule has 108 valence electrons. The fourth-order valence-corrected chi connectivity index (χ4v) is 3.49. The fraction of sp³-hybridized carbons (Fsp3) is 0.500. The summed E-state index contributed by atoms with van der Waals surface area (Å²) in [4.78, 5) is -0.00508. The molecule has 0 radical (unpaired) electrons. The Kier molecular flexibility index (Phi) is 5.20. The van der Waals surface area contributed by atoms with Gasteiger partial charge in [0.05, 0.1) is 5.69 Å². The Bertz CT molecular complexity index is 548.